The molecule has 0 radical (unpaired) electrons. The third kappa shape index (κ3) is 3.14. The van der Waals surface area contributed by atoms with Crippen molar-refractivity contribution in [1.82, 2.24) is 9.88 Å². The number of likely N-dealkylation sites (N-methyl/N-ethyl adjacent to an activating group) is 1. The van der Waals surface area contributed by atoms with Crippen LogP contribution in [0.2, 0.25) is 0 Å². The number of pyridine rings is 1. The van der Waals surface area contributed by atoms with Gasteiger partial charge in [-0.05, 0) is 42.5 Å². The number of carbonyl (C=O) groups excluding carboxylic acids is 2. The molecule has 0 aliphatic carbocycles. The molecule has 0 saturated carbocycles. The lowest BCUT2D eigenvalue weighted by atomic mass is 10.0. The maximum Gasteiger partial charge on any atom is 0.251 e. The summed E-state index contributed by atoms with van der Waals surface area (Å²) in [5.74, 6) is 0.411. The maximum atomic E-state index is 12.4. The molecule has 1 saturated heterocycles. The van der Waals surface area contributed by atoms with Crippen LogP contribution in [0.1, 0.15) is 30.4 Å². The number of nitroso groups, excluding NO2 is 1. The van der Waals surface area contributed by atoms with Crippen LogP contribution in [0.3, 0.4) is 0 Å². The third-order valence-electron chi connectivity index (χ3n) is 4.45. The van der Waals surface area contributed by atoms with Crippen molar-refractivity contribution in [3.8, 4) is 0 Å². The first-order chi connectivity index (χ1) is 11.6. The van der Waals surface area contributed by atoms with Gasteiger partial charge >= 0.3 is 0 Å². The van der Waals surface area contributed by atoms with Crippen LogP contribution in [-0.4, -0.2) is 48.5 Å². The Morgan fingerprint density at radius 3 is 3.04 bits per heavy atom. The van der Waals surface area contributed by atoms with Crippen molar-refractivity contribution in [3.05, 3.63) is 22.1 Å². The predicted molar refractivity (Wildman–Crippen MR) is 86.9 cm³/mol. The minimum absolute atomic E-state index is 0.0227. The van der Waals surface area contributed by atoms with Gasteiger partial charge in [0.1, 0.15) is 11.9 Å². The Hall–Kier alpha value is -2.35. The summed E-state index contributed by atoms with van der Waals surface area (Å²) in [5.41, 5.74) is 1.49. The van der Waals surface area contributed by atoms with E-state index in [0.717, 1.165) is 31.2 Å². The summed E-state index contributed by atoms with van der Waals surface area (Å²) in [5, 5.41) is 2.98. The molecule has 24 heavy (non-hydrogen) atoms. The summed E-state index contributed by atoms with van der Waals surface area (Å²) in [7, 11) is 1.68. The third-order valence-corrected chi connectivity index (χ3v) is 4.45. The van der Waals surface area contributed by atoms with Gasteiger partial charge in [-0.15, -0.1) is 4.91 Å². The van der Waals surface area contributed by atoms with Crippen LogP contribution in [0, 0.1) is 4.91 Å². The average Bonchev–Trinajstić information content (AvgIpc) is 3.14. The van der Waals surface area contributed by atoms with Crippen LogP contribution in [0.25, 0.3) is 0 Å². The molecular weight excluding hydrogens is 312 g/mol. The van der Waals surface area contributed by atoms with E-state index in [9.17, 15) is 14.5 Å². The molecule has 1 aromatic rings. The monoisotopic (exact) mass is 332 g/mol. The molecular formula is C16H20N4O4. The molecule has 1 atom stereocenters. The van der Waals surface area contributed by atoms with Gasteiger partial charge in [-0.1, -0.05) is 0 Å². The van der Waals surface area contributed by atoms with Gasteiger partial charge in [0, 0.05) is 32.3 Å². The molecule has 0 spiro atoms. The Morgan fingerprint density at radius 2 is 2.38 bits per heavy atom. The van der Waals surface area contributed by atoms with Gasteiger partial charge in [0.2, 0.25) is 12.2 Å². The molecule has 8 heteroatoms. The van der Waals surface area contributed by atoms with Gasteiger partial charge in [-0.2, -0.15) is 0 Å². The average molecular weight is 332 g/mol. The number of aryl methyl sites for hydroxylation is 1. The van der Waals surface area contributed by atoms with Crippen LogP contribution >= 0.6 is 0 Å². The quantitative estimate of drug-likeness (QED) is 0.602. The smallest absolute Gasteiger partial charge is 0.251 e. The summed E-state index contributed by atoms with van der Waals surface area (Å²) in [6.07, 6.45) is 3.53. The summed E-state index contributed by atoms with van der Waals surface area (Å²) < 4.78 is 5.41. The zero-order valence-corrected chi connectivity index (χ0v) is 13.6. The molecule has 2 aliphatic rings. The number of fused-ring (bicyclic) bond motifs is 1. The first-order valence-electron chi connectivity index (χ1n) is 8.08. The lowest BCUT2D eigenvalue weighted by molar-refractivity contribution is -0.140. The summed E-state index contributed by atoms with van der Waals surface area (Å²) >= 11 is 0. The SMILES string of the molecule is CN(Cc1cc2c(nc1N=O)N(C=O)CCC2)C(=O)C1CCCO1. The second-order valence-electron chi connectivity index (χ2n) is 6.14. The molecule has 3 rings (SSSR count). The molecule has 0 bridgehead atoms. The second-order valence-corrected chi connectivity index (χ2v) is 6.14. The van der Waals surface area contributed by atoms with E-state index in [4.69, 9.17) is 4.74 Å². The maximum absolute atomic E-state index is 12.4. The number of ether oxygens (including phenoxy) is 1. The first-order valence-corrected chi connectivity index (χ1v) is 8.08. The number of carbonyl (C=O) groups is 2. The molecule has 1 fully saturated rings. The van der Waals surface area contributed by atoms with Gasteiger partial charge < -0.3 is 9.64 Å². The van der Waals surface area contributed by atoms with Gasteiger partial charge in [0.15, 0.2) is 0 Å². The first kappa shape index (κ1) is 16.5. The lowest BCUT2D eigenvalue weighted by Gasteiger charge is -2.26. The van der Waals surface area contributed by atoms with E-state index in [1.54, 1.807) is 7.05 Å². The van der Waals surface area contributed by atoms with Crippen molar-refractivity contribution in [2.75, 3.05) is 25.1 Å². The highest BCUT2D eigenvalue weighted by atomic mass is 16.5. The van der Waals surface area contributed by atoms with Crippen molar-refractivity contribution >= 4 is 24.0 Å². The van der Waals surface area contributed by atoms with Crippen LogP contribution < -0.4 is 4.90 Å². The summed E-state index contributed by atoms with van der Waals surface area (Å²) in [4.78, 5) is 41.9. The molecule has 128 valence electrons. The van der Waals surface area contributed by atoms with Crippen molar-refractivity contribution < 1.29 is 14.3 Å². The number of anilines is 1. The molecule has 1 aromatic heterocycles. The van der Waals surface area contributed by atoms with Crippen LogP contribution in [0.4, 0.5) is 11.6 Å². The number of nitrogens with zero attached hydrogens (tertiary/aromatic N) is 4. The van der Waals surface area contributed by atoms with Crippen molar-refractivity contribution in [1.29, 1.82) is 0 Å². The number of rotatable bonds is 5. The standard InChI is InChI=1S/C16H20N4O4/c1-19(16(22)13-5-3-7-24-13)9-12-8-11-4-2-6-20(10-21)15(11)17-14(12)18-23/h8,10,13H,2-7,9H2,1H3. The molecule has 1 unspecified atom stereocenters. The topological polar surface area (TPSA) is 92.2 Å². The normalized spacial score (nSPS) is 19.7. The molecule has 0 N–H and O–H groups in total. The number of hydrogen-bond acceptors (Lipinski definition) is 6. The van der Waals surface area contributed by atoms with Crippen LogP contribution in [0.5, 0.6) is 0 Å². The van der Waals surface area contributed by atoms with E-state index in [2.05, 4.69) is 10.2 Å². The van der Waals surface area contributed by atoms with E-state index in [-0.39, 0.29) is 18.3 Å². The van der Waals surface area contributed by atoms with Crippen molar-refractivity contribution in [2.45, 2.75) is 38.3 Å². The zero-order valence-electron chi connectivity index (χ0n) is 13.6. The second kappa shape index (κ2) is 7.04. The Labute approximate surface area is 139 Å². The Balaban J connectivity index is 1.83. The molecule has 3 heterocycles. The number of hydrogen-bond donors (Lipinski definition) is 0. The highest BCUT2D eigenvalue weighted by Crippen LogP contribution is 2.30. The molecule has 0 aromatic carbocycles. The molecule has 8 nitrogen and oxygen atoms in total. The summed E-state index contributed by atoms with van der Waals surface area (Å²) in [6.45, 7) is 1.42. The molecule has 2 aliphatic heterocycles. The van der Waals surface area contributed by atoms with Crippen molar-refractivity contribution in [2.24, 2.45) is 5.18 Å². The van der Waals surface area contributed by atoms with Crippen LogP contribution in [-0.2, 0) is 27.3 Å². The van der Waals surface area contributed by atoms with E-state index in [1.165, 1.54) is 9.80 Å². The Morgan fingerprint density at radius 1 is 1.54 bits per heavy atom. The van der Waals surface area contributed by atoms with E-state index < -0.39 is 6.10 Å². The lowest BCUT2D eigenvalue weighted by Crippen LogP contribution is -2.35. The van der Waals surface area contributed by atoms with Crippen LogP contribution in [0.15, 0.2) is 11.2 Å². The van der Waals surface area contributed by atoms with Gasteiger partial charge in [-0.25, -0.2) is 4.98 Å². The van der Waals surface area contributed by atoms with Gasteiger partial charge in [0.25, 0.3) is 5.91 Å². The molecule has 2 amide bonds. The minimum atomic E-state index is -0.404. The summed E-state index contributed by atoms with van der Waals surface area (Å²) in [6, 6.07) is 1.83. The largest absolute Gasteiger partial charge is 0.368 e. The van der Waals surface area contributed by atoms with Gasteiger partial charge in [-0.3, -0.25) is 14.5 Å². The fraction of sp³-hybridized carbons (Fsp3) is 0.562. The Kier molecular flexibility index (Phi) is 4.84. The zero-order chi connectivity index (χ0) is 17.1. The fourth-order valence-corrected chi connectivity index (χ4v) is 3.21. The minimum Gasteiger partial charge on any atom is -0.368 e. The Bertz CT molecular complexity index is 658. The van der Waals surface area contributed by atoms with E-state index >= 15 is 0 Å². The highest BCUT2D eigenvalue weighted by Gasteiger charge is 2.28. The van der Waals surface area contributed by atoms with Gasteiger partial charge in [0.05, 0.1) is 0 Å². The van der Waals surface area contributed by atoms with E-state index in [1.807, 2.05) is 6.07 Å². The number of aromatic nitrogens is 1. The number of amides is 2. The fourth-order valence-electron chi connectivity index (χ4n) is 3.21. The highest BCUT2D eigenvalue weighted by molar-refractivity contribution is 5.81. The van der Waals surface area contributed by atoms with Crippen molar-refractivity contribution in [3.63, 3.8) is 0 Å². The predicted octanol–water partition coefficient (Wildman–Crippen LogP) is 1.53. The van der Waals surface area contributed by atoms with E-state index in [0.29, 0.717) is 30.9 Å².